The molecule has 1 aromatic heterocycles. The van der Waals surface area contributed by atoms with Gasteiger partial charge in [-0.2, -0.15) is 0 Å². The number of thiophene rings is 1. The fourth-order valence-electron chi connectivity index (χ4n) is 1.29. The number of rotatable bonds is 4. The van der Waals surface area contributed by atoms with E-state index < -0.39 is 10.0 Å². The summed E-state index contributed by atoms with van der Waals surface area (Å²) in [5, 5.41) is 0. The van der Waals surface area contributed by atoms with Crippen molar-refractivity contribution >= 4 is 21.4 Å². The minimum atomic E-state index is -3.44. The molecule has 1 rings (SSSR count). The van der Waals surface area contributed by atoms with Crippen LogP contribution in [0.2, 0.25) is 0 Å². The van der Waals surface area contributed by atoms with Crippen LogP contribution in [0.15, 0.2) is 10.3 Å². The van der Waals surface area contributed by atoms with Crippen LogP contribution in [-0.2, 0) is 16.6 Å². The standard InChI is InChI=1S/C12H22N2O2S2/c1-8-6-11(17-10(8)7-13)18(15,16)14-9(2)12(3,4)5/h6,9,14H,7,13H2,1-5H3. The molecule has 0 saturated carbocycles. The smallest absolute Gasteiger partial charge is 0.250 e. The summed E-state index contributed by atoms with van der Waals surface area (Å²) < 4.78 is 27.5. The molecule has 0 aliphatic rings. The lowest BCUT2D eigenvalue weighted by Crippen LogP contribution is -2.41. The highest BCUT2D eigenvalue weighted by atomic mass is 32.2. The van der Waals surface area contributed by atoms with Crippen LogP contribution in [0.25, 0.3) is 0 Å². The molecule has 0 bridgehead atoms. The lowest BCUT2D eigenvalue weighted by molar-refractivity contribution is 0.318. The molecular formula is C12H22N2O2S2. The Morgan fingerprint density at radius 3 is 2.39 bits per heavy atom. The van der Waals surface area contributed by atoms with Crippen molar-refractivity contribution in [3.63, 3.8) is 0 Å². The average Bonchev–Trinajstić information content (AvgIpc) is 2.58. The highest BCUT2D eigenvalue weighted by molar-refractivity contribution is 7.91. The third-order valence-corrected chi connectivity index (χ3v) is 6.35. The Hall–Kier alpha value is -0.430. The molecule has 0 fully saturated rings. The first kappa shape index (κ1) is 15.6. The molecule has 0 aliphatic heterocycles. The van der Waals surface area contributed by atoms with E-state index in [4.69, 9.17) is 5.73 Å². The normalized spacial score (nSPS) is 14.8. The molecule has 0 aliphatic carbocycles. The van der Waals surface area contributed by atoms with Gasteiger partial charge in [-0.15, -0.1) is 11.3 Å². The fraction of sp³-hybridized carbons (Fsp3) is 0.667. The van der Waals surface area contributed by atoms with Gasteiger partial charge in [0.15, 0.2) is 0 Å². The lowest BCUT2D eigenvalue weighted by atomic mass is 9.89. The van der Waals surface area contributed by atoms with E-state index in [1.807, 2.05) is 34.6 Å². The van der Waals surface area contributed by atoms with Crippen molar-refractivity contribution in [2.24, 2.45) is 11.1 Å². The van der Waals surface area contributed by atoms with Crippen LogP contribution < -0.4 is 10.5 Å². The van der Waals surface area contributed by atoms with Gasteiger partial charge < -0.3 is 5.73 Å². The molecule has 0 aromatic carbocycles. The third kappa shape index (κ3) is 3.54. The Labute approximate surface area is 114 Å². The fourth-order valence-corrected chi connectivity index (χ4v) is 4.23. The summed E-state index contributed by atoms with van der Waals surface area (Å²) in [6.45, 7) is 10.1. The average molecular weight is 290 g/mol. The molecule has 1 heterocycles. The van der Waals surface area contributed by atoms with Crippen LogP contribution >= 0.6 is 11.3 Å². The number of aryl methyl sites for hydroxylation is 1. The predicted molar refractivity (Wildman–Crippen MR) is 76.2 cm³/mol. The van der Waals surface area contributed by atoms with Crippen LogP contribution in [0, 0.1) is 12.3 Å². The Morgan fingerprint density at radius 1 is 1.44 bits per heavy atom. The highest BCUT2D eigenvalue weighted by Crippen LogP contribution is 2.27. The zero-order valence-electron chi connectivity index (χ0n) is 11.6. The van der Waals surface area contributed by atoms with E-state index in [0.29, 0.717) is 10.8 Å². The zero-order valence-corrected chi connectivity index (χ0v) is 13.2. The number of nitrogens with one attached hydrogen (secondary N) is 1. The van der Waals surface area contributed by atoms with Crippen molar-refractivity contribution in [2.45, 2.75) is 51.4 Å². The Morgan fingerprint density at radius 2 is 2.00 bits per heavy atom. The number of hydrogen-bond donors (Lipinski definition) is 2. The molecule has 4 nitrogen and oxygen atoms in total. The van der Waals surface area contributed by atoms with Gasteiger partial charge in [-0.3, -0.25) is 0 Å². The maximum atomic E-state index is 12.2. The van der Waals surface area contributed by atoms with E-state index in [9.17, 15) is 8.42 Å². The molecule has 1 atom stereocenters. The topological polar surface area (TPSA) is 72.2 Å². The minimum absolute atomic E-state index is 0.115. The van der Waals surface area contributed by atoms with Gasteiger partial charge in [-0.05, 0) is 30.9 Å². The minimum Gasteiger partial charge on any atom is -0.326 e. The number of nitrogens with two attached hydrogens (primary N) is 1. The van der Waals surface area contributed by atoms with Crippen LogP contribution in [0.3, 0.4) is 0 Å². The van der Waals surface area contributed by atoms with Gasteiger partial charge in [0.1, 0.15) is 4.21 Å². The Bertz CT molecular complexity index is 513. The summed E-state index contributed by atoms with van der Waals surface area (Å²) in [6.07, 6.45) is 0. The van der Waals surface area contributed by atoms with E-state index in [1.54, 1.807) is 6.07 Å². The molecule has 104 valence electrons. The molecular weight excluding hydrogens is 268 g/mol. The maximum Gasteiger partial charge on any atom is 0.250 e. The Kier molecular flexibility index (Phi) is 4.59. The molecule has 1 aromatic rings. The Balaban J connectivity index is 3.00. The second-order valence-electron chi connectivity index (χ2n) is 5.58. The van der Waals surface area contributed by atoms with E-state index >= 15 is 0 Å². The maximum absolute atomic E-state index is 12.2. The summed E-state index contributed by atoms with van der Waals surface area (Å²) in [5.74, 6) is 0. The van der Waals surface area contributed by atoms with Gasteiger partial charge in [0.05, 0.1) is 0 Å². The molecule has 18 heavy (non-hydrogen) atoms. The van der Waals surface area contributed by atoms with Gasteiger partial charge in [0, 0.05) is 17.5 Å². The summed E-state index contributed by atoms with van der Waals surface area (Å²) >= 11 is 1.24. The monoisotopic (exact) mass is 290 g/mol. The van der Waals surface area contributed by atoms with E-state index in [2.05, 4.69) is 4.72 Å². The largest absolute Gasteiger partial charge is 0.326 e. The third-order valence-electron chi connectivity index (χ3n) is 3.08. The van der Waals surface area contributed by atoms with Crippen molar-refractivity contribution in [3.05, 3.63) is 16.5 Å². The SMILES string of the molecule is Cc1cc(S(=O)(=O)NC(C)C(C)(C)C)sc1CN. The van der Waals surface area contributed by atoms with Gasteiger partial charge in [-0.25, -0.2) is 13.1 Å². The van der Waals surface area contributed by atoms with Crippen molar-refractivity contribution in [1.29, 1.82) is 0 Å². The highest BCUT2D eigenvalue weighted by Gasteiger charge is 2.27. The first-order valence-electron chi connectivity index (χ1n) is 5.89. The predicted octanol–water partition coefficient (Wildman–Crippen LogP) is 2.23. The molecule has 0 spiro atoms. The van der Waals surface area contributed by atoms with Gasteiger partial charge in [0.25, 0.3) is 0 Å². The summed E-state index contributed by atoms with van der Waals surface area (Å²) in [6, 6.07) is 1.55. The zero-order chi connectivity index (χ0) is 14.1. The van der Waals surface area contributed by atoms with Gasteiger partial charge in [0.2, 0.25) is 10.0 Å². The van der Waals surface area contributed by atoms with Crippen LogP contribution in [0.4, 0.5) is 0 Å². The van der Waals surface area contributed by atoms with E-state index in [1.165, 1.54) is 11.3 Å². The molecule has 0 amide bonds. The van der Waals surface area contributed by atoms with Crippen molar-refractivity contribution in [3.8, 4) is 0 Å². The van der Waals surface area contributed by atoms with Crippen molar-refractivity contribution in [1.82, 2.24) is 4.72 Å². The molecule has 1 unspecified atom stereocenters. The molecule has 6 heteroatoms. The van der Waals surface area contributed by atoms with Crippen molar-refractivity contribution < 1.29 is 8.42 Å². The summed E-state index contributed by atoms with van der Waals surface area (Å²) in [5.41, 5.74) is 6.39. The number of hydrogen-bond acceptors (Lipinski definition) is 4. The van der Waals surface area contributed by atoms with Crippen LogP contribution in [0.5, 0.6) is 0 Å². The molecule has 0 radical (unpaired) electrons. The summed E-state index contributed by atoms with van der Waals surface area (Å²) in [7, 11) is -3.44. The van der Waals surface area contributed by atoms with E-state index in [-0.39, 0.29) is 11.5 Å². The first-order chi connectivity index (χ1) is 8.08. The van der Waals surface area contributed by atoms with Crippen LogP contribution in [0.1, 0.15) is 38.1 Å². The quantitative estimate of drug-likeness (QED) is 0.893. The first-order valence-corrected chi connectivity index (χ1v) is 8.19. The number of sulfonamides is 1. The van der Waals surface area contributed by atoms with E-state index in [0.717, 1.165) is 10.4 Å². The second-order valence-corrected chi connectivity index (χ2v) is 8.66. The molecule has 3 N–H and O–H groups in total. The molecule has 0 saturated heterocycles. The lowest BCUT2D eigenvalue weighted by Gasteiger charge is -2.27. The van der Waals surface area contributed by atoms with Crippen LogP contribution in [-0.4, -0.2) is 14.5 Å². The van der Waals surface area contributed by atoms with Gasteiger partial charge in [-0.1, -0.05) is 20.8 Å². The van der Waals surface area contributed by atoms with Gasteiger partial charge >= 0.3 is 0 Å². The van der Waals surface area contributed by atoms with Crippen molar-refractivity contribution in [2.75, 3.05) is 0 Å². The second kappa shape index (κ2) is 5.28. The summed E-state index contributed by atoms with van der Waals surface area (Å²) in [4.78, 5) is 0.916.